The molecule has 1 unspecified atom stereocenters. The molecule has 0 fully saturated rings. The molecule has 0 aliphatic carbocycles. The van der Waals surface area contributed by atoms with E-state index in [9.17, 15) is 5.11 Å². The van der Waals surface area contributed by atoms with Gasteiger partial charge >= 0.3 is 23.1 Å². The average molecular weight is 240 g/mol. The quantitative estimate of drug-likeness (QED) is 0.590. The van der Waals surface area contributed by atoms with E-state index in [2.05, 4.69) is 0 Å². The Morgan fingerprint density at radius 2 is 1.43 bits per heavy atom. The molecule has 2 N–H and O–H groups in total. The smallest absolute Gasteiger partial charge is 0.852 e. The van der Waals surface area contributed by atoms with Crippen LogP contribution in [0.15, 0.2) is 11.8 Å². The molecule has 6 heteroatoms. The van der Waals surface area contributed by atoms with Gasteiger partial charge in [0.15, 0.2) is 0 Å². The van der Waals surface area contributed by atoms with Gasteiger partial charge in [-0.3, -0.25) is 0 Å². The van der Waals surface area contributed by atoms with Gasteiger partial charge in [0.05, 0.1) is 0 Å². The van der Waals surface area contributed by atoms with Crippen LogP contribution >= 0.6 is 0 Å². The molecule has 0 aliphatic heterocycles. The van der Waals surface area contributed by atoms with Crippen molar-refractivity contribution in [2.24, 2.45) is 0 Å². The Balaban J connectivity index is -0.0000000347. The molecule has 14 heavy (non-hydrogen) atoms. The molecule has 0 aliphatic rings. The van der Waals surface area contributed by atoms with Crippen molar-refractivity contribution in [3.63, 3.8) is 0 Å². The maximum absolute atomic E-state index is 9.53. The first-order chi connectivity index (χ1) is 4.86. The number of rotatable bonds is 1. The fourth-order valence-corrected chi connectivity index (χ4v) is 0.375. The van der Waals surface area contributed by atoms with Gasteiger partial charge in [-0.05, 0) is 0 Å². The van der Waals surface area contributed by atoms with E-state index < -0.39 is 6.10 Å². The Morgan fingerprint density at radius 3 is 1.43 bits per heavy atom. The van der Waals surface area contributed by atoms with Gasteiger partial charge in [-0.25, -0.2) is 0 Å². The SMILES string of the molecule is CC(C)[O-].CC([NH-])=CC(C)[NH-].[AlH2].[AlH2].[Mg+2]. The molecular formula is C8H21Al2MgN2O-. The predicted octanol–water partition coefficient (Wildman–Crippen LogP) is -0.0750. The standard InChI is InChI=1S/C5H10N2.C3H7O.2Al.Mg.4H/c1-4(6)3-5(2)7;1-3(2)4;;;;;;;/h3-4,6-7H,1-2H3;3H,1-2H3;;;;;;;/q-2;-1;;;+2;;;;. The zero-order chi connectivity index (χ0) is 9.44. The molecule has 0 aromatic rings. The molecule has 0 spiro atoms. The maximum atomic E-state index is 9.53. The van der Waals surface area contributed by atoms with E-state index in [1.54, 1.807) is 33.8 Å². The van der Waals surface area contributed by atoms with Crippen LogP contribution in [0.4, 0.5) is 0 Å². The summed E-state index contributed by atoms with van der Waals surface area (Å²) in [4.78, 5) is 0. The monoisotopic (exact) mass is 239 g/mol. The molecule has 0 saturated heterocycles. The van der Waals surface area contributed by atoms with E-state index in [1.165, 1.54) is 0 Å². The largest absolute Gasteiger partial charge is 2.00 e. The molecule has 3 nitrogen and oxygen atoms in total. The van der Waals surface area contributed by atoms with Crippen LogP contribution in [0.3, 0.4) is 0 Å². The van der Waals surface area contributed by atoms with Gasteiger partial charge in [0.1, 0.15) is 34.7 Å². The number of nitrogens with one attached hydrogen (secondary N) is 2. The molecule has 1 atom stereocenters. The summed E-state index contributed by atoms with van der Waals surface area (Å²) in [6.07, 6.45) is 1.17. The molecule has 0 rings (SSSR count). The molecular weight excluding hydrogens is 218 g/mol. The van der Waals surface area contributed by atoms with Crippen molar-refractivity contribution in [2.45, 2.75) is 39.8 Å². The van der Waals surface area contributed by atoms with Gasteiger partial charge in [-0.1, -0.05) is 27.7 Å². The van der Waals surface area contributed by atoms with Gasteiger partial charge in [-0.2, -0.15) is 5.70 Å². The topological polar surface area (TPSA) is 70.7 Å². The second-order valence-electron chi connectivity index (χ2n) is 2.69. The molecule has 0 amide bonds. The van der Waals surface area contributed by atoms with Crippen LogP contribution in [0.5, 0.6) is 0 Å². The second-order valence-corrected chi connectivity index (χ2v) is 2.69. The summed E-state index contributed by atoms with van der Waals surface area (Å²) >= 11 is 0. The Morgan fingerprint density at radius 1 is 1.21 bits per heavy atom. The normalized spacial score (nSPS) is 10.9. The van der Waals surface area contributed by atoms with Crippen molar-refractivity contribution in [3.8, 4) is 0 Å². The van der Waals surface area contributed by atoms with E-state index >= 15 is 0 Å². The summed E-state index contributed by atoms with van der Waals surface area (Å²) < 4.78 is 0. The first-order valence-corrected chi connectivity index (χ1v) is 3.63. The van der Waals surface area contributed by atoms with Gasteiger partial charge < -0.3 is 16.6 Å². The minimum atomic E-state index is -0.417. The van der Waals surface area contributed by atoms with Crippen molar-refractivity contribution >= 4 is 57.8 Å². The van der Waals surface area contributed by atoms with Crippen LogP contribution in [0.2, 0.25) is 0 Å². The third kappa shape index (κ3) is 71.7. The first kappa shape index (κ1) is 29.5. The number of hydrogen-bond donors (Lipinski definition) is 0. The van der Waals surface area contributed by atoms with Crippen LogP contribution in [-0.2, 0) is 0 Å². The maximum Gasteiger partial charge on any atom is 2.00 e. The zero-order valence-electron chi connectivity index (χ0n) is 10.3. The molecule has 2 radical (unpaired) electrons. The summed E-state index contributed by atoms with van der Waals surface area (Å²) in [5, 5.41) is 9.53. The Bertz CT molecular complexity index is 115. The Kier molecular flexibility index (Phi) is 41.7. The van der Waals surface area contributed by atoms with Crippen LogP contribution in [0, 0.1) is 0 Å². The third-order valence-corrected chi connectivity index (χ3v) is 0.500. The first-order valence-electron chi connectivity index (χ1n) is 3.63. The van der Waals surface area contributed by atoms with Crippen LogP contribution in [-0.4, -0.2) is 69.9 Å². The fraction of sp³-hybridized carbons (Fsp3) is 0.750. The van der Waals surface area contributed by atoms with Crippen LogP contribution in [0.25, 0.3) is 11.5 Å². The summed E-state index contributed by atoms with van der Waals surface area (Å²) in [6, 6.07) is -0.225. The summed E-state index contributed by atoms with van der Waals surface area (Å²) in [5.74, 6) is 0. The van der Waals surface area contributed by atoms with Crippen molar-refractivity contribution in [3.05, 3.63) is 23.2 Å². The van der Waals surface area contributed by atoms with Gasteiger partial charge in [0.25, 0.3) is 0 Å². The van der Waals surface area contributed by atoms with Crippen molar-refractivity contribution in [1.82, 2.24) is 0 Å². The number of hydrogen-bond acceptors (Lipinski definition) is 1. The van der Waals surface area contributed by atoms with Crippen LogP contribution < -0.4 is 5.11 Å². The van der Waals surface area contributed by atoms with Crippen molar-refractivity contribution < 1.29 is 5.11 Å². The summed E-state index contributed by atoms with van der Waals surface area (Å²) in [6.45, 7) is 6.63. The molecule has 0 aromatic heterocycles. The predicted molar refractivity (Wildman–Crippen MR) is 69.8 cm³/mol. The van der Waals surface area contributed by atoms with E-state index in [4.69, 9.17) is 11.5 Å². The minimum Gasteiger partial charge on any atom is -0.852 e. The molecule has 0 aromatic carbocycles. The van der Waals surface area contributed by atoms with E-state index in [0.717, 1.165) is 0 Å². The van der Waals surface area contributed by atoms with Gasteiger partial charge in [0.2, 0.25) is 0 Å². The minimum absolute atomic E-state index is 0. The Labute approximate surface area is 125 Å². The van der Waals surface area contributed by atoms with Crippen molar-refractivity contribution in [1.29, 1.82) is 0 Å². The van der Waals surface area contributed by atoms with E-state index in [1.807, 2.05) is 0 Å². The van der Waals surface area contributed by atoms with E-state index in [-0.39, 0.29) is 63.8 Å². The Hall–Kier alpha value is 1.29. The fourth-order valence-electron chi connectivity index (χ4n) is 0.375. The molecule has 0 heterocycles. The van der Waals surface area contributed by atoms with Gasteiger partial charge in [0, 0.05) is 0 Å². The second kappa shape index (κ2) is 19.8. The molecule has 0 saturated carbocycles. The molecule has 0 bridgehead atoms. The summed E-state index contributed by atoms with van der Waals surface area (Å²) in [5.41, 5.74) is 14.2. The van der Waals surface area contributed by atoms with E-state index in [0.29, 0.717) is 5.70 Å². The average Bonchev–Trinajstić information content (AvgIpc) is 1.56. The summed E-state index contributed by atoms with van der Waals surface area (Å²) in [7, 11) is 0. The third-order valence-electron chi connectivity index (χ3n) is 0.500. The van der Waals surface area contributed by atoms with Crippen LogP contribution in [0.1, 0.15) is 27.7 Å². The number of allylic oxidation sites excluding steroid dienone is 1. The zero-order valence-corrected chi connectivity index (χ0v) is 15.8. The van der Waals surface area contributed by atoms with Gasteiger partial charge in [-0.15, -0.1) is 18.2 Å². The van der Waals surface area contributed by atoms with Crippen molar-refractivity contribution in [2.75, 3.05) is 0 Å². The molecule has 78 valence electrons.